The van der Waals surface area contributed by atoms with E-state index in [-0.39, 0.29) is 18.4 Å². The van der Waals surface area contributed by atoms with Crippen LogP contribution in [0.1, 0.15) is 70.0 Å². The van der Waals surface area contributed by atoms with Crippen molar-refractivity contribution in [3.05, 3.63) is 69.7 Å². The highest BCUT2D eigenvalue weighted by molar-refractivity contribution is 6.33. The second-order valence-electron chi connectivity index (χ2n) is 11.1. The second kappa shape index (κ2) is 11.1. The summed E-state index contributed by atoms with van der Waals surface area (Å²) in [6.07, 6.45) is 4.16. The molecule has 2 aromatic carbocycles. The summed E-state index contributed by atoms with van der Waals surface area (Å²) >= 11 is 12.6. The molecule has 4 unspecified atom stereocenters. The third-order valence-corrected chi connectivity index (χ3v) is 8.25. The predicted molar refractivity (Wildman–Crippen MR) is 142 cm³/mol. The molecule has 5 nitrogen and oxygen atoms in total. The summed E-state index contributed by atoms with van der Waals surface area (Å²) in [6.45, 7) is 6.23. The highest BCUT2D eigenvalue weighted by Crippen LogP contribution is 2.50. The Morgan fingerprint density at radius 1 is 1.03 bits per heavy atom. The Hall–Kier alpha value is -2.08. The SMILES string of the molecule is CC(C)(C)C1C(OCc2cc(Cl)ccc2Cl)C(c2ccccc2)N(C(=O)C2CCCCC2)C1C(=O)O. The van der Waals surface area contributed by atoms with Gasteiger partial charge in [-0.25, -0.2) is 4.79 Å². The molecule has 194 valence electrons. The average Bonchev–Trinajstić information content (AvgIpc) is 3.21. The zero-order valence-electron chi connectivity index (χ0n) is 21.1. The first kappa shape index (κ1) is 27.0. The number of benzene rings is 2. The van der Waals surface area contributed by atoms with Gasteiger partial charge in [0, 0.05) is 21.9 Å². The van der Waals surface area contributed by atoms with Crippen LogP contribution in [0, 0.1) is 17.3 Å². The molecule has 0 radical (unpaired) electrons. The molecule has 2 aliphatic rings. The largest absolute Gasteiger partial charge is 0.480 e. The lowest BCUT2D eigenvalue weighted by molar-refractivity contribution is -0.154. The molecule has 2 aromatic rings. The van der Waals surface area contributed by atoms with E-state index in [2.05, 4.69) is 0 Å². The van der Waals surface area contributed by atoms with Crippen molar-refractivity contribution in [2.75, 3.05) is 0 Å². The number of halogens is 2. The van der Waals surface area contributed by atoms with E-state index in [0.717, 1.165) is 43.2 Å². The van der Waals surface area contributed by atoms with E-state index in [1.165, 1.54) is 0 Å². The number of carboxylic acid groups (broad SMARTS) is 1. The molecule has 36 heavy (non-hydrogen) atoms. The standard InChI is InChI=1S/C29H35Cl2NO4/c1-29(2,3)23-25(28(34)35)32(27(33)19-12-8-5-9-13-19)24(18-10-6-4-7-11-18)26(23)36-17-20-16-21(30)14-15-22(20)31/h4,6-7,10-11,14-16,19,23-26H,5,8-9,12-13,17H2,1-3H3,(H,34,35). The van der Waals surface area contributed by atoms with Gasteiger partial charge >= 0.3 is 5.97 Å². The Balaban J connectivity index is 1.80. The van der Waals surface area contributed by atoms with Crippen molar-refractivity contribution in [2.24, 2.45) is 17.3 Å². The Morgan fingerprint density at radius 2 is 1.69 bits per heavy atom. The number of ether oxygens (including phenoxy) is 1. The summed E-state index contributed by atoms with van der Waals surface area (Å²) in [5.41, 5.74) is 1.16. The fourth-order valence-corrected chi connectivity index (χ4v) is 6.36. The minimum atomic E-state index is -0.996. The van der Waals surface area contributed by atoms with E-state index in [1.54, 1.807) is 23.1 Å². The van der Waals surface area contributed by atoms with Crippen molar-refractivity contribution < 1.29 is 19.4 Å². The van der Waals surface area contributed by atoms with Crippen LogP contribution in [0.4, 0.5) is 0 Å². The van der Waals surface area contributed by atoms with Gasteiger partial charge in [-0.3, -0.25) is 4.79 Å². The van der Waals surface area contributed by atoms with Gasteiger partial charge in [0.05, 0.1) is 18.8 Å². The van der Waals surface area contributed by atoms with Gasteiger partial charge in [0.1, 0.15) is 6.04 Å². The highest BCUT2D eigenvalue weighted by atomic mass is 35.5. The highest BCUT2D eigenvalue weighted by Gasteiger charge is 2.59. The fraction of sp³-hybridized carbons (Fsp3) is 0.517. The van der Waals surface area contributed by atoms with Crippen molar-refractivity contribution in [1.82, 2.24) is 4.90 Å². The quantitative estimate of drug-likeness (QED) is 0.429. The topological polar surface area (TPSA) is 66.8 Å². The molecule has 4 atom stereocenters. The first-order chi connectivity index (χ1) is 17.1. The number of carboxylic acids is 1. The van der Waals surface area contributed by atoms with Gasteiger partial charge in [-0.05, 0) is 47.6 Å². The third kappa shape index (κ3) is 5.58. The minimum Gasteiger partial charge on any atom is -0.480 e. The molecule has 0 spiro atoms. The van der Waals surface area contributed by atoms with Gasteiger partial charge in [-0.1, -0.05) is 93.6 Å². The van der Waals surface area contributed by atoms with Crippen molar-refractivity contribution in [2.45, 2.75) is 77.7 Å². The van der Waals surface area contributed by atoms with Crippen LogP contribution in [-0.2, 0) is 20.9 Å². The van der Waals surface area contributed by atoms with Gasteiger partial charge < -0.3 is 14.7 Å². The van der Waals surface area contributed by atoms with E-state index < -0.39 is 35.5 Å². The number of likely N-dealkylation sites (tertiary alicyclic amines) is 1. The van der Waals surface area contributed by atoms with Gasteiger partial charge in [0.2, 0.25) is 5.91 Å². The number of nitrogens with zero attached hydrogens (tertiary/aromatic N) is 1. The molecule has 7 heteroatoms. The molecule has 1 aliphatic carbocycles. The van der Waals surface area contributed by atoms with Crippen LogP contribution in [0.5, 0.6) is 0 Å². The van der Waals surface area contributed by atoms with Gasteiger partial charge in [-0.2, -0.15) is 0 Å². The number of amides is 1. The zero-order valence-corrected chi connectivity index (χ0v) is 22.6. The molecular formula is C29H35Cl2NO4. The fourth-order valence-electron chi connectivity index (χ4n) is 5.99. The maximum Gasteiger partial charge on any atom is 0.326 e. The van der Waals surface area contributed by atoms with Crippen LogP contribution < -0.4 is 0 Å². The molecule has 1 saturated carbocycles. The van der Waals surface area contributed by atoms with Crippen molar-refractivity contribution in [3.8, 4) is 0 Å². The molecule has 1 amide bonds. The number of hydrogen-bond acceptors (Lipinski definition) is 3. The van der Waals surface area contributed by atoms with Crippen LogP contribution >= 0.6 is 23.2 Å². The molecular weight excluding hydrogens is 497 g/mol. The Labute approximate surface area is 223 Å². The number of carbonyl (C=O) groups is 2. The zero-order chi connectivity index (χ0) is 26.0. The van der Waals surface area contributed by atoms with Gasteiger partial charge in [0.15, 0.2) is 0 Å². The summed E-state index contributed by atoms with van der Waals surface area (Å²) in [7, 11) is 0. The first-order valence-corrected chi connectivity index (χ1v) is 13.5. The Kier molecular flexibility index (Phi) is 8.33. The second-order valence-corrected chi connectivity index (χ2v) is 12.0. The molecule has 4 rings (SSSR count). The molecule has 0 aromatic heterocycles. The van der Waals surface area contributed by atoms with Gasteiger partial charge in [0.25, 0.3) is 0 Å². The van der Waals surface area contributed by atoms with E-state index in [0.29, 0.717) is 10.0 Å². The summed E-state index contributed by atoms with van der Waals surface area (Å²) < 4.78 is 6.58. The lowest BCUT2D eigenvalue weighted by Crippen LogP contribution is -2.49. The third-order valence-electron chi connectivity index (χ3n) is 7.65. The average molecular weight is 533 g/mol. The smallest absolute Gasteiger partial charge is 0.326 e. The summed E-state index contributed by atoms with van der Waals surface area (Å²) in [4.78, 5) is 28.6. The van der Waals surface area contributed by atoms with Crippen LogP contribution in [-0.4, -0.2) is 34.0 Å². The van der Waals surface area contributed by atoms with Crippen LogP contribution in [0.25, 0.3) is 0 Å². The number of hydrogen-bond donors (Lipinski definition) is 1. The van der Waals surface area contributed by atoms with Crippen LogP contribution in [0.3, 0.4) is 0 Å². The Bertz CT molecular complexity index is 1080. The monoisotopic (exact) mass is 531 g/mol. The minimum absolute atomic E-state index is 0.0721. The predicted octanol–water partition coefficient (Wildman–Crippen LogP) is 7.16. The molecule has 0 bridgehead atoms. The maximum absolute atomic E-state index is 14.1. The summed E-state index contributed by atoms with van der Waals surface area (Å²) in [5.74, 6) is -1.66. The normalized spacial score (nSPS) is 25.2. The van der Waals surface area contributed by atoms with E-state index in [9.17, 15) is 14.7 Å². The molecule has 1 aliphatic heterocycles. The first-order valence-electron chi connectivity index (χ1n) is 12.7. The maximum atomic E-state index is 14.1. The van der Waals surface area contributed by atoms with E-state index >= 15 is 0 Å². The van der Waals surface area contributed by atoms with Crippen molar-refractivity contribution >= 4 is 35.1 Å². The van der Waals surface area contributed by atoms with Crippen molar-refractivity contribution in [1.29, 1.82) is 0 Å². The Morgan fingerprint density at radius 3 is 2.31 bits per heavy atom. The van der Waals surface area contributed by atoms with Gasteiger partial charge in [-0.15, -0.1) is 0 Å². The lowest BCUT2D eigenvalue weighted by atomic mass is 9.73. The lowest BCUT2D eigenvalue weighted by Gasteiger charge is -2.35. The van der Waals surface area contributed by atoms with Crippen molar-refractivity contribution in [3.63, 3.8) is 0 Å². The molecule has 1 N–H and O–H groups in total. The molecule has 1 heterocycles. The summed E-state index contributed by atoms with van der Waals surface area (Å²) in [5, 5.41) is 11.6. The molecule has 2 fully saturated rings. The van der Waals surface area contributed by atoms with E-state index in [4.69, 9.17) is 27.9 Å². The van der Waals surface area contributed by atoms with Crippen LogP contribution in [0.2, 0.25) is 10.0 Å². The number of carbonyl (C=O) groups excluding carboxylic acids is 1. The number of rotatable bonds is 6. The molecule has 1 saturated heterocycles. The number of aliphatic carboxylic acids is 1. The van der Waals surface area contributed by atoms with E-state index in [1.807, 2.05) is 51.1 Å². The summed E-state index contributed by atoms with van der Waals surface area (Å²) in [6, 6.07) is 13.4. The van der Waals surface area contributed by atoms with Crippen LogP contribution in [0.15, 0.2) is 48.5 Å².